The third-order valence-electron chi connectivity index (χ3n) is 6.33. The third kappa shape index (κ3) is 5.55. The van der Waals surface area contributed by atoms with E-state index in [-0.39, 0.29) is 11.7 Å². The summed E-state index contributed by atoms with van der Waals surface area (Å²) in [6, 6.07) is 10.6. The van der Waals surface area contributed by atoms with Gasteiger partial charge in [-0.25, -0.2) is 14.4 Å². The SMILES string of the molecule is Cc1ncc(-c2ccncc2)c(C2CCC(CNC(=O)CCc3ccccc3F)CC2)n1. The van der Waals surface area contributed by atoms with Crippen LogP contribution < -0.4 is 5.32 Å². The monoisotopic (exact) mass is 432 g/mol. The van der Waals surface area contributed by atoms with E-state index < -0.39 is 0 Å². The van der Waals surface area contributed by atoms with Gasteiger partial charge in [-0.3, -0.25) is 9.78 Å². The van der Waals surface area contributed by atoms with E-state index in [4.69, 9.17) is 4.98 Å². The van der Waals surface area contributed by atoms with Gasteiger partial charge < -0.3 is 5.32 Å². The zero-order valence-electron chi connectivity index (χ0n) is 18.4. The molecule has 6 heteroatoms. The minimum Gasteiger partial charge on any atom is -0.356 e. The average molecular weight is 433 g/mol. The fraction of sp³-hybridized carbons (Fsp3) is 0.385. The molecule has 0 unspecified atom stereocenters. The Balaban J connectivity index is 1.29. The van der Waals surface area contributed by atoms with E-state index in [0.29, 0.717) is 36.8 Å². The van der Waals surface area contributed by atoms with Crippen LogP contribution in [-0.2, 0) is 11.2 Å². The second kappa shape index (κ2) is 10.4. The largest absolute Gasteiger partial charge is 0.356 e. The van der Waals surface area contributed by atoms with Crippen molar-refractivity contribution in [1.29, 1.82) is 0 Å². The Kier molecular flexibility index (Phi) is 7.20. The molecule has 5 nitrogen and oxygen atoms in total. The highest BCUT2D eigenvalue weighted by Gasteiger charge is 2.26. The lowest BCUT2D eigenvalue weighted by molar-refractivity contribution is -0.121. The van der Waals surface area contributed by atoms with Crippen molar-refractivity contribution in [2.24, 2.45) is 5.92 Å². The van der Waals surface area contributed by atoms with Gasteiger partial charge in [-0.05, 0) is 74.3 Å². The summed E-state index contributed by atoms with van der Waals surface area (Å²) in [4.78, 5) is 25.6. The minimum atomic E-state index is -0.246. The van der Waals surface area contributed by atoms with Gasteiger partial charge in [-0.2, -0.15) is 0 Å². The number of amides is 1. The zero-order chi connectivity index (χ0) is 22.3. The van der Waals surface area contributed by atoms with E-state index in [2.05, 4.69) is 15.3 Å². The Morgan fingerprint density at radius 1 is 1.09 bits per heavy atom. The molecular formula is C26H29FN4O. The molecule has 0 bridgehead atoms. The van der Waals surface area contributed by atoms with Gasteiger partial charge in [0, 0.05) is 43.0 Å². The average Bonchev–Trinajstić information content (AvgIpc) is 2.83. The summed E-state index contributed by atoms with van der Waals surface area (Å²) in [6.07, 6.45) is 10.5. The quantitative estimate of drug-likeness (QED) is 0.570. The molecule has 0 spiro atoms. The van der Waals surface area contributed by atoms with Crippen molar-refractivity contribution < 1.29 is 9.18 Å². The van der Waals surface area contributed by atoms with Gasteiger partial charge in [-0.1, -0.05) is 18.2 Å². The predicted octanol–water partition coefficient (Wildman–Crippen LogP) is 5.01. The molecule has 1 aliphatic carbocycles. The number of hydrogen-bond acceptors (Lipinski definition) is 4. The highest BCUT2D eigenvalue weighted by atomic mass is 19.1. The lowest BCUT2D eigenvalue weighted by atomic mass is 9.79. The summed E-state index contributed by atoms with van der Waals surface area (Å²) in [6.45, 7) is 2.62. The number of halogens is 1. The van der Waals surface area contributed by atoms with Crippen LogP contribution in [-0.4, -0.2) is 27.4 Å². The van der Waals surface area contributed by atoms with Crippen molar-refractivity contribution in [2.45, 2.75) is 51.4 Å². The first kappa shape index (κ1) is 22.1. The molecule has 166 valence electrons. The number of aromatic nitrogens is 3. The van der Waals surface area contributed by atoms with E-state index >= 15 is 0 Å². The van der Waals surface area contributed by atoms with Crippen molar-refractivity contribution >= 4 is 5.91 Å². The second-order valence-corrected chi connectivity index (χ2v) is 8.57. The summed E-state index contributed by atoms with van der Waals surface area (Å²) in [5.74, 6) is 1.40. The van der Waals surface area contributed by atoms with Crippen LogP contribution >= 0.6 is 0 Å². The standard InChI is InChI=1S/C26H29FN4O/c1-18-29-17-23(20-12-14-28-15-13-20)26(31-18)22-8-6-19(7-9-22)16-30-25(32)11-10-21-4-2-3-5-24(21)27/h2-5,12-15,17,19,22H,6-11,16H2,1H3,(H,30,32). The molecule has 2 aromatic heterocycles. The number of benzene rings is 1. The molecule has 0 radical (unpaired) electrons. The number of nitrogens with one attached hydrogen (secondary N) is 1. The van der Waals surface area contributed by atoms with Crippen molar-refractivity contribution in [2.75, 3.05) is 6.54 Å². The molecular weight excluding hydrogens is 403 g/mol. The van der Waals surface area contributed by atoms with Crippen LogP contribution in [0.5, 0.6) is 0 Å². The number of carbonyl (C=O) groups excluding carboxylic acids is 1. The Morgan fingerprint density at radius 2 is 1.84 bits per heavy atom. The molecule has 1 aliphatic rings. The molecule has 3 aromatic rings. The number of carbonyl (C=O) groups is 1. The topological polar surface area (TPSA) is 67.8 Å². The van der Waals surface area contributed by atoms with Crippen LogP contribution in [0.2, 0.25) is 0 Å². The van der Waals surface area contributed by atoms with E-state index in [9.17, 15) is 9.18 Å². The summed E-state index contributed by atoms with van der Waals surface area (Å²) in [7, 11) is 0. The molecule has 0 atom stereocenters. The zero-order valence-corrected chi connectivity index (χ0v) is 18.4. The smallest absolute Gasteiger partial charge is 0.220 e. The molecule has 0 aliphatic heterocycles. The van der Waals surface area contributed by atoms with E-state index in [1.54, 1.807) is 30.6 Å². The van der Waals surface area contributed by atoms with E-state index in [1.165, 1.54) is 6.07 Å². The highest BCUT2D eigenvalue weighted by Crippen LogP contribution is 2.38. The lowest BCUT2D eigenvalue weighted by Crippen LogP contribution is -2.31. The molecule has 1 saturated carbocycles. The normalized spacial score (nSPS) is 18.3. The van der Waals surface area contributed by atoms with E-state index in [1.807, 2.05) is 25.3 Å². The Morgan fingerprint density at radius 3 is 2.59 bits per heavy atom. The van der Waals surface area contributed by atoms with Crippen LogP contribution in [0, 0.1) is 18.7 Å². The van der Waals surface area contributed by atoms with Crippen LogP contribution in [0.15, 0.2) is 55.0 Å². The van der Waals surface area contributed by atoms with Gasteiger partial charge in [0.15, 0.2) is 0 Å². The Hall–Kier alpha value is -3.15. The summed E-state index contributed by atoms with van der Waals surface area (Å²) in [5, 5.41) is 3.05. The number of rotatable bonds is 7. The maximum absolute atomic E-state index is 13.7. The predicted molar refractivity (Wildman–Crippen MR) is 122 cm³/mol. The number of pyridine rings is 1. The highest BCUT2D eigenvalue weighted by molar-refractivity contribution is 5.76. The molecule has 1 amide bonds. The Labute approximate surface area is 188 Å². The first-order valence-corrected chi connectivity index (χ1v) is 11.3. The summed E-state index contributed by atoms with van der Waals surface area (Å²) in [5.41, 5.74) is 3.89. The molecule has 1 fully saturated rings. The van der Waals surface area contributed by atoms with Crippen molar-refractivity contribution in [1.82, 2.24) is 20.3 Å². The second-order valence-electron chi connectivity index (χ2n) is 8.57. The van der Waals surface area contributed by atoms with Crippen LogP contribution in [0.25, 0.3) is 11.1 Å². The molecule has 1 N–H and O–H groups in total. The number of hydrogen-bond donors (Lipinski definition) is 1. The first-order valence-electron chi connectivity index (χ1n) is 11.3. The molecule has 2 heterocycles. The van der Waals surface area contributed by atoms with Crippen LogP contribution in [0.1, 0.15) is 55.1 Å². The number of nitrogens with zero attached hydrogens (tertiary/aromatic N) is 3. The fourth-order valence-electron chi connectivity index (χ4n) is 4.49. The van der Waals surface area contributed by atoms with Crippen molar-refractivity contribution in [3.63, 3.8) is 0 Å². The Bertz CT molecular complexity index is 1050. The molecule has 0 saturated heterocycles. The van der Waals surface area contributed by atoms with Gasteiger partial charge in [-0.15, -0.1) is 0 Å². The minimum absolute atomic E-state index is 0.0122. The molecule has 32 heavy (non-hydrogen) atoms. The maximum atomic E-state index is 13.7. The first-order chi connectivity index (χ1) is 15.6. The third-order valence-corrected chi connectivity index (χ3v) is 6.33. The number of aryl methyl sites for hydroxylation is 2. The molecule has 4 rings (SSSR count). The summed E-state index contributed by atoms with van der Waals surface area (Å²) >= 11 is 0. The van der Waals surface area contributed by atoms with Crippen LogP contribution in [0.3, 0.4) is 0 Å². The van der Waals surface area contributed by atoms with E-state index in [0.717, 1.165) is 48.3 Å². The van der Waals surface area contributed by atoms with Gasteiger partial charge >= 0.3 is 0 Å². The van der Waals surface area contributed by atoms with Gasteiger partial charge in [0.25, 0.3) is 0 Å². The van der Waals surface area contributed by atoms with Crippen molar-refractivity contribution in [3.05, 3.63) is 77.9 Å². The van der Waals surface area contributed by atoms with Crippen molar-refractivity contribution in [3.8, 4) is 11.1 Å². The summed E-state index contributed by atoms with van der Waals surface area (Å²) < 4.78 is 13.7. The fourth-order valence-corrected chi connectivity index (χ4v) is 4.49. The molecule has 1 aromatic carbocycles. The van der Waals surface area contributed by atoms with Gasteiger partial charge in [0.2, 0.25) is 5.91 Å². The maximum Gasteiger partial charge on any atom is 0.220 e. The van der Waals surface area contributed by atoms with Gasteiger partial charge in [0.1, 0.15) is 11.6 Å². The lowest BCUT2D eigenvalue weighted by Gasteiger charge is -2.29. The van der Waals surface area contributed by atoms with Crippen LogP contribution in [0.4, 0.5) is 4.39 Å². The van der Waals surface area contributed by atoms with Gasteiger partial charge in [0.05, 0.1) is 5.69 Å².